The Hall–Kier alpha value is 0.314. The molecule has 0 aliphatic rings. The van der Waals surface area contributed by atoms with Gasteiger partial charge in [-0.1, -0.05) is 0 Å². The summed E-state index contributed by atoms with van der Waals surface area (Å²) in [5, 5.41) is 0. The summed E-state index contributed by atoms with van der Waals surface area (Å²) in [6.45, 7) is 4.82. The molecule has 0 atom stereocenters. The molecule has 0 heterocycles. The zero-order valence-electron chi connectivity index (χ0n) is 5.30. The fourth-order valence-electron chi connectivity index (χ4n) is 0.361. The molecule has 5 heteroatoms. The van der Waals surface area contributed by atoms with Crippen molar-refractivity contribution < 1.29 is 13.7 Å². The molecule has 0 aromatic carbocycles. The van der Waals surface area contributed by atoms with Gasteiger partial charge in [0.1, 0.15) is 0 Å². The first kappa shape index (κ1) is 8.31. The average molecular weight is 151 g/mol. The van der Waals surface area contributed by atoms with Crippen LogP contribution in [0.2, 0.25) is 19.6 Å². The Bertz CT molecular complexity index is 67.4. The summed E-state index contributed by atoms with van der Waals surface area (Å²) in [5.74, 6) is 0. The lowest BCUT2D eigenvalue weighted by Crippen LogP contribution is -2.36. The second kappa shape index (κ2) is 2.74. The van der Waals surface area contributed by atoms with E-state index in [1.807, 2.05) is 0 Å². The highest BCUT2D eigenvalue weighted by Crippen LogP contribution is 1.98. The monoisotopic (exact) mass is 151 g/mol. The van der Waals surface area contributed by atoms with Crippen molar-refractivity contribution in [2.45, 2.75) is 19.6 Å². The van der Waals surface area contributed by atoms with E-state index in [0.29, 0.717) is 0 Å². The van der Waals surface area contributed by atoms with Crippen LogP contribution in [0.15, 0.2) is 0 Å². The summed E-state index contributed by atoms with van der Waals surface area (Å²) < 4.78 is 4.79. The molecule has 0 saturated carbocycles. The molecule has 49 valence electrons. The summed E-state index contributed by atoms with van der Waals surface area (Å²) in [4.78, 5) is 17.6. The molecule has 0 aliphatic heterocycles. The molecule has 1 radical (unpaired) electrons. The predicted molar refractivity (Wildman–Crippen MR) is 34.6 cm³/mol. The van der Waals surface area contributed by atoms with E-state index in [2.05, 4.69) is 0 Å². The van der Waals surface area contributed by atoms with E-state index < -0.39 is 17.8 Å². The maximum atomic E-state index is 8.97. The van der Waals surface area contributed by atoms with Gasteiger partial charge in [-0.05, 0) is 19.6 Å². The maximum Gasteiger partial charge on any atom is 0.368 e. The second-order valence-corrected chi connectivity index (χ2v) is 6.82. The molecule has 0 rings (SSSR count). The second-order valence-electron chi connectivity index (χ2n) is 2.07. The van der Waals surface area contributed by atoms with Crippen molar-refractivity contribution in [3.8, 4) is 0 Å². The zero-order valence-corrected chi connectivity index (χ0v) is 7.30. The average Bonchev–Trinajstić information content (AvgIpc) is 1.21. The number of rotatable bonds is 2. The molecule has 3 nitrogen and oxygen atoms in total. The third kappa shape index (κ3) is 6.31. The standard InChI is InChI=1S/C3H11O3Si2/c1-7(4)6-8(2,3)5/h4-5H,1-3H3. The Morgan fingerprint density at radius 3 is 1.88 bits per heavy atom. The van der Waals surface area contributed by atoms with Crippen molar-refractivity contribution >= 4 is 17.8 Å². The van der Waals surface area contributed by atoms with Crippen molar-refractivity contribution in [3.63, 3.8) is 0 Å². The van der Waals surface area contributed by atoms with E-state index in [4.69, 9.17) is 13.7 Å². The van der Waals surface area contributed by atoms with E-state index in [0.717, 1.165) is 0 Å². The molecule has 0 unspecified atom stereocenters. The molecule has 0 fully saturated rings. The van der Waals surface area contributed by atoms with Crippen LogP contribution >= 0.6 is 0 Å². The summed E-state index contributed by atoms with van der Waals surface area (Å²) in [5.41, 5.74) is 0. The predicted octanol–water partition coefficient (Wildman–Crippen LogP) is -0.193. The van der Waals surface area contributed by atoms with Gasteiger partial charge in [0.2, 0.25) is 0 Å². The summed E-state index contributed by atoms with van der Waals surface area (Å²) in [6, 6.07) is 0. The molecular weight excluding hydrogens is 140 g/mol. The molecule has 0 bridgehead atoms. The molecule has 2 N–H and O–H groups in total. The fourth-order valence-corrected chi connectivity index (χ4v) is 3.25. The smallest absolute Gasteiger partial charge is 0.368 e. The lowest BCUT2D eigenvalue weighted by atomic mass is 11.9. The van der Waals surface area contributed by atoms with E-state index >= 15 is 0 Å². The number of hydrogen-bond acceptors (Lipinski definition) is 3. The third-order valence-corrected chi connectivity index (χ3v) is 3.58. The molecular formula is C3H11O3Si2. The lowest BCUT2D eigenvalue weighted by molar-refractivity contribution is 0.343. The van der Waals surface area contributed by atoms with Gasteiger partial charge in [0.05, 0.1) is 0 Å². The van der Waals surface area contributed by atoms with Crippen LogP contribution in [0, 0.1) is 0 Å². The van der Waals surface area contributed by atoms with Gasteiger partial charge in [-0.3, -0.25) is 0 Å². The fraction of sp³-hybridized carbons (Fsp3) is 1.00. The first-order chi connectivity index (χ1) is 3.42. The highest BCUT2D eigenvalue weighted by atomic mass is 28.4. The summed E-state index contributed by atoms with van der Waals surface area (Å²) in [6.07, 6.45) is 0. The molecule has 0 amide bonds. The number of hydrogen-bond donors (Lipinski definition) is 2. The highest BCUT2D eigenvalue weighted by Gasteiger charge is 2.21. The highest BCUT2D eigenvalue weighted by molar-refractivity contribution is 6.70. The van der Waals surface area contributed by atoms with Gasteiger partial charge in [0, 0.05) is 0 Å². The maximum absolute atomic E-state index is 8.97. The van der Waals surface area contributed by atoms with Crippen LogP contribution in [0.3, 0.4) is 0 Å². The van der Waals surface area contributed by atoms with Crippen molar-refractivity contribution in [3.05, 3.63) is 0 Å². The van der Waals surface area contributed by atoms with Crippen LogP contribution in [0.4, 0.5) is 0 Å². The minimum Gasteiger partial charge on any atom is -0.414 e. The molecule has 0 spiro atoms. The zero-order chi connectivity index (χ0) is 6.78. The summed E-state index contributed by atoms with van der Waals surface area (Å²) >= 11 is 0. The Kier molecular flexibility index (Phi) is 2.85. The normalized spacial score (nSPS) is 12.8. The van der Waals surface area contributed by atoms with Crippen LogP contribution < -0.4 is 0 Å². The first-order valence-corrected chi connectivity index (χ1v) is 7.07. The van der Waals surface area contributed by atoms with Crippen molar-refractivity contribution in [2.75, 3.05) is 0 Å². The van der Waals surface area contributed by atoms with Crippen LogP contribution in [-0.2, 0) is 4.12 Å². The largest absolute Gasteiger partial charge is 0.414 e. The van der Waals surface area contributed by atoms with Gasteiger partial charge in [0.15, 0.2) is 0 Å². The van der Waals surface area contributed by atoms with Crippen molar-refractivity contribution in [1.29, 1.82) is 0 Å². The summed E-state index contributed by atoms with van der Waals surface area (Å²) in [7, 11) is -4.11. The first-order valence-electron chi connectivity index (χ1n) is 2.36. The third-order valence-electron chi connectivity index (χ3n) is 0.397. The molecule has 0 saturated heterocycles. The van der Waals surface area contributed by atoms with Gasteiger partial charge >= 0.3 is 17.8 Å². The molecule has 0 aliphatic carbocycles. The molecule has 0 aromatic rings. The van der Waals surface area contributed by atoms with E-state index in [9.17, 15) is 0 Å². The lowest BCUT2D eigenvalue weighted by Gasteiger charge is -2.15. The van der Waals surface area contributed by atoms with Crippen LogP contribution in [0.5, 0.6) is 0 Å². The van der Waals surface area contributed by atoms with Crippen LogP contribution in [0.25, 0.3) is 0 Å². The van der Waals surface area contributed by atoms with Gasteiger partial charge in [-0.25, -0.2) is 0 Å². The Balaban J connectivity index is 3.39. The van der Waals surface area contributed by atoms with Crippen LogP contribution in [0.1, 0.15) is 0 Å². The van der Waals surface area contributed by atoms with E-state index in [-0.39, 0.29) is 0 Å². The van der Waals surface area contributed by atoms with Gasteiger partial charge in [0.25, 0.3) is 0 Å². The Labute approximate surface area is 52.0 Å². The van der Waals surface area contributed by atoms with E-state index in [1.54, 1.807) is 19.6 Å². The van der Waals surface area contributed by atoms with Crippen molar-refractivity contribution in [1.82, 2.24) is 0 Å². The Morgan fingerprint density at radius 2 is 1.88 bits per heavy atom. The van der Waals surface area contributed by atoms with Gasteiger partial charge in [-0.15, -0.1) is 0 Å². The minimum atomic E-state index is -2.43. The van der Waals surface area contributed by atoms with Crippen molar-refractivity contribution in [2.24, 2.45) is 0 Å². The van der Waals surface area contributed by atoms with E-state index in [1.165, 1.54) is 0 Å². The molecule has 0 aromatic heterocycles. The molecule has 8 heavy (non-hydrogen) atoms. The SMILES string of the molecule is C[Si](O)O[Si](C)(C)O. The topological polar surface area (TPSA) is 49.7 Å². The van der Waals surface area contributed by atoms with Crippen LogP contribution in [-0.4, -0.2) is 27.4 Å². The minimum absolute atomic E-state index is 1.58. The quantitative estimate of drug-likeness (QED) is 0.538. The van der Waals surface area contributed by atoms with Gasteiger partial charge < -0.3 is 13.7 Å². The van der Waals surface area contributed by atoms with Gasteiger partial charge in [-0.2, -0.15) is 0 Å². The Morgan fingerprint density at radius 1 is 1.50 bits per heavy atom.